The molecule has 2 rings (SSSR count). The number of ether oxygens (including phenoxy) is 1. The lowest BCUT2D eigenvalue weighted by atomic mass is 10.1. The molecule has 120 valence electrons. The lowest BCUT2D eigenvalue weighted by Gasteiger charge is -2.25. The van der Waals surface area contributed by atoms with Crippen molar-refractivity contribution >= 4 is 17.5 Å². The van der Waals surface area contributed by atoms with Crippen LogP contribution < -0.4 is 10.6 Å². The summed E-state index contributed by atoms with van der Waals surface area (Å²) in [5, 5.41) is 5.51. The minimum Gasteiger partial charge on any atom is -0.379 e. The Balaban J connectivity index is 1.76. The van der Waals surface area contributed by atoms with E-state index in [1.54, 1.807) is 0 Å². The molecular weight excluding hydrogens is 282 g/mol. The van der Waals surface area contributed by atoms with Crippen LogP contribution in [0.25, 0.3) is 0 Å². The monoisotopic (exact) mass is 305 g/mol. The first-order valence-corrected chi connectivity index (χ1v) is 7.49. The molecule has 2 amide bonds. The molecule has 1 aliphatic rings. The summed E-state index contributed by atoms with van der Waals surface area (Å²) in [6.45, 7) is 6.99. The minimum atomic E-state index is -0.215. The molecule has 0 unspecified atom stereocenters. The van der Waals surface area contributed by atoms with Crippen molar-refractivity contribution < 1.29 is 14.3 Å². The van der Waals surface area contributed by atoms with E-state index >= 15 is 0 Å². The number of carbonyl (C=O) groups excluding carboxylic acids is 2. The van der Waals surface area contributed by atoms with Crippen molar-refractivity contribution in [2.45, 2.75) is 13.8 Å². The minimum absolute atomic E-state index is 0.0169. The third kappa shape index (κ3) is 4.82. The van der Waals surface area contributed by atoms with Gasteiger partial charge in [0.15, 0.2) is 0 Å². The van der Waals surface area contributed by atoms with E-state index in [1.165, 1.54) is 0 Å². The number of hydrogen-bond donors (Lipinski definition) is 2. The highest BCUT2D eigenvalue weighted by atomic mass is 16.5. The first kappa shape index (κ1) is 16.5. The molecule has 0 atom stereocenters. The highest BCUT2D eigenvalue weighted by molar-refractivity contribution is 5.95. The molecule has 0 aromatic heterocycles. The second-order valence-corrected chi connectivity index (χ2v) is 5.48. The van der Waals surface area contributed by atoms with Gasteiger partial charge in [-0.25, -0.2) is 0 Å². The van der Waals surface area contributed by atoms with Crippen LogP contribution in [0, 0.1) is 13.8 Å². The maximum atomic E-state index is 12.0. The lowest BCUT2D eigenvalue weighted by Crippen LogP contribution is -2.44. The smallest absolute Gasteiger partial charge is 0.243 e. The van der Waals surface area contributed by atoms with Crippen LogP contribution in [-0.4, -0.2) is 56.1 Å². The van der Waals surface area contributed by atoms with Gasteiger partial charge in [0, 0.05) is 18.8 Å². The zero-order chi connectivity index (χ0) is 15.9. The van der Waals surface area contributed by atoms with Gasteiger partial charge in [-0.3, -0.25) is 14.5 Å². The van der Waals surface area contributed by atoms with Gasteiger partial charge in [-0.1, -0.05) is 18.2 Å². The molecule has 0 aliphatic carbocycles. The van der Waals surface area contributed by atoms with Crippen molar-refractivity contribution in [3.8, 4) is 0 Å². The van der Waals surface area contributed by atoms with E-state index < -0.39 is 0 Å². The molecule has 1 heterocycles. The van der Waals surface area contributed by atoms with Crippen LogP contribution in [0.5, 0.6) is 0 Å². The highest BCUT2D eigenvalue weighted by Gasteiger charge is 2.15. The molecule has 6 nitrogen and oxygen atoms in total. The Morgan fingerprint density at radius 1 is 1.14 bits per heavy atom. The van der Waals surface area contributed by atoms with Crippen molar-refractivity contribution in [3.05, 3.63) is 29.3 Å². The largest absolute Gasteiger partial charge is 0.379 e. The van der Waals surface area contributed by atoms with Crippen LogP contribution in [-0.2, 0) is 14.3 Å². The number of morpholine rings is 1. The van der Waals surface area contributed by atoms with Gasteiger partial charge in [-0.05, 0) is 25.0 Å². The van der Waals surface area contributed by atoms with Crippen molar-refractivity contribution in [2.75, 3.05) is 44.7 Å². The summed E-state index contributed by atoms with van der Waals surface area (Å²) in [6, 6.07) is 5.84. The number of hydrogen-bond acceptors (Lipinski definition) is 4. The van der Waals surface area contributed by atoms with Crippen molar-refractivity contribution in [1.29, 1.82) is 0 Å². The number of anilines is 1. The molecule has 1 saturated heterocycles. The number of rotatable bonds is 5. The summed E-state index contributed by atoms with van der Waals surface area (Å²) in [6.07, 6.45) is 0. The molecule has 0 spiro atoms. The summed E-state index contributed by atoms with van der Waals surface area (Å²) >= 11 is 0. The first-order valence-electron chi connectivity index (χ1n) is 7.49. The SMILES string of the molecule is Cc1cccc(C)c1NC(=O)CNC(=O)CN1CCOCC1. The molecule has 2 N–H and O–H groups in total. The number of amides is 2. The molecule has 0 radical (unpaired) electrons. The molecule has 1 aromatic carbocycles. The number of benzene rings is 1. The zero-order valence-electron chi connectivity index (χ0n) is 13.1. The molecule has 6 heteroatoms. The number of para-hydroxylation sites is 1. The van der Waals surface area contributed by atoms with Crippen LogP contribution in [0.3, 0.4) is 0 Å². The second-order valence-electron chi connectivity index (χ2n) is 5.48. The molecule has 1 fully saturated rings. The summed E-state index contributed by atoms with van der Waals surface area (Å²) < 4.78 is 5.23. The fraction of sp³-hybridized carbons (Fsp3) is 0.500. The van der Waals surface area contributed by atoms with Gasteiger partial charge in [-0.2, -0.15) is 0 Å². The summed E-state index contributed by atoms with van der Waals surface area (Å²) in [5.74, 6) is -0.355. The summed E-state index contributed by atoms with van der Waals surface area (Å²) in [4.78, 5) is 25.8. The number of nitrogens with one attached hydrogen (secondary N) is 2. The van der Waals surface area contributed by atoms with Gasteiger partial charge in [0.05, 0.1) is 26.3 Å². The van der Waals surface area contributed by atoms with Crippen molar-refractivity contribution in [2.24, 2.45) is 0 Å². The summed E-state index contributed by atoms with van der Waals surface area (Å²) in [7, 11) is 0. The number of carbonyl (C=O) groups is 2. The standard InChI is InChI=1S/C16H23N3O3/c1-12-4-3-5-13(2)16(12)18-14(20)10-17-15(21)11-19-6-8-22-9-7-19/h3-5H,6-11H2,1-2H3,(H,17,21)(H,18,20). The summed E-state index contributed by atoms with van der Waals surface area (Å²) in [5.41, 5.74) is 2.83. The van der Waals surface area contributed by atoms with E-state index in [2.05, 4.69) is 10.6 Å². The Bertz CT molecular complexity index is 519. The molecule has 1 aliphatic heterocycles. The van der Waals surface area contributed by atoms with Gasteiger partial charge < -0.3 is 15.4 Å². The Kier molecular flexibility index (Phi) is 5.91. The highest BCUT2D eigenvalue weighted by Crippen LogP contribution is 2.18. The normalized spacial score (nSPS) is 15.4. The third-order valence-corrected chi connectivity index (χ3v) is 3.66. The molecule has 1 aromatic rings. The van der Waals surface area contributed by atoms with Gasteiger partial charge in [0.2, 0.25) is 11.8 Å². The average molecular weight is 305 g/mol. The van der Waals surface area contributed by atoms with E-state index in [1.807, 2.05) is 36.9 Å². The predicted molar refractivity (Wildman–Crippen MR) is 84.8 cm³/mol. The topological polar surface area (TPSA) is 70.7 Å². The Morgan fingerprint density at radius 2 is 1.77 bits per heavy atom. The Hall–Kier alpha value is -1.92. The third-order valence-electron chi connectivity index (χ3n) is 3.66. The van der Waals surface area contributed by atoms with Gasteiger partial charge in [0.25, 0.3) is 0 Å². The van der Waals surface area contributed by atoms with Gasteiger partial charge >= 0.3 is 0 Å². The van der Waals surface area contributed by atoms with E-state index in [4.69, 9.17) is 4.74 Å². The quantitative estimate of drug-likeness (QED) is 0.840. The Labute approximate surface area is 130 Å². The van der Waals surface area contributed by atoms with E-state index in [0.29, 0.717) is 19.8 Å². The first-order chi connectivity index (χ1) is 10.6. The van der Waals surface area contributed by atoms with Crippen LogP contribution in [0.1, 0.15) is 11.1 Å². The molecular formula is C16H23N3O3. The maximum Gasteiger partial charge on any atom is 0.243 e. The molecule has 0 bridgehead atoms. The number of nitrogens with zero attached hydrogens (tertiary/aromatic N) is 1. The fourth-order valence-electron chi connectivity index (χ4n) is 2.39. The van der Waals surface area contributed by atoms with E-state index in [-0.39, 0.29) is 18.4 Å². The zero-order valence-corrected chi connectivity index (χ0v) is 13.1. The average Bonchev–Trinajstić information content (AvgIpc) is 2.50. The van der Waals surface area contributed by atoms with Crippen LogP contribution >= 0.6 is 0 Å². The predicted octanol–water partition coefficient (Wildman–Crippen LogP) is 0.690. The Morgan fingerprint density at radius 3 is 2.41 bits per heavy atom. The van der Waals surface area contributed by atoms with Crippen molar-refractivity contribution in [1.82, 2.24) is 10.2 Å². The molecule has 0 saturated carbocycles. The van der Waals surface area contributed by atoms with E-state index in [9.17, 15) is 9.59 Å². The maximum absolute atomic E-state index is 12.0. The van der Waals surface area contributed by atoms with Gasteiger partial charge in [0.1, 0.15) is 0 Å². The lowest BCUT2D eigenvalue weighted by molar-refractivity contribution is -0.125. The van der Waals surface area contributed by atoms with Crippen LogP contribution in [0.15, 0.2) is 18.2 Å². The van der Waals surface area contributed by atoms with Gasteiger partial charge in [-0.15, -0.1) is 0 Å². The fourth-order valence-corrected chi connectivity index (χ4v) is 2.39. The van der Waals surface area contributed by atoms with E-state index in [0.717, 1.165) is 29.9 Å². The van der Waals surface area contributed by atoms with Crippen LogP contribution in [0.2, 0.25) is 0 Å². The van der Waals surface area contributed by atoms with Crippen LogP contribution in [0.4, 0.5) is 5.69 Å². The van der Waals surface area contributed by atoms with Crippen molar-refractivity contribution in [3.63, 3.8) is 0 Å². The number of aryl methyl sites for hydroxylation is 2. The second kappa shape index (κ2) is 7.91. The molecule has 22 heavy (non-hydrogen) atoms.